The number of rotatable bonds is 4. The van der Waals surface area contributed by atoms with Crippen molar-refractivity contribution in [3.05, 3.63) is 28.0 Å². The number of anilines is 1. The molecule has 4 rings (SSSR count). The Balaban J connectivity index is 1.68. The zero-order chi connectivity index (χ0) is 19.1. The fraction of sp³-hybridized carbons (Fsp3) is 0.500. The summed E-state index contributed by atoms with van der Waals surface area (Å²) in [4.78, 5) is 17.7. The van der Waals surface area contributed by atoms with Crippen molar-refractivity contribution in [2.24, 2.45) is 7.05 Å². The molecule has 1 aliphatic rings. The van der Waals surface area contributed by atoms with Crippen LogP contribution in [0.4, 0.5) is 5.13 Å². The fourth-order valence-corrected chi connectivity index (χ4v) is 4.11. The molecule has 0 unspecified atom stereocenters. The molecule has 0 spiro atoms. The number of hydrogen-bond donors (Lipinski definition) is 1. The Morgan fingerprint density at radius 2 is 2.22 bits per heavy atom. The van der Waals surface area contributed by atoms with Crippen LogP contribution in [0.3, 0.4) is 0 Å². The summed E-state index contributed by atoms with van der Waals surface area (Å²) in [6.07, 6.45) is 1.97. The standard InChI is InChI=1S/C18H22N6O2S/c1-9(2)12-8-11(14-10(3)23-24(4)15(14)19-12)16(25)20-18-22-21-17(27-18)13-6-5-7-26-13/h8-9,13H,5-7H2,1-4H3,(H,20,22,25)/t13-/m0/s1. The summed E-state index contributed by atoms with van der Waals surface area (Å²) >= 11 is 1.36. The third kappa shape index (κ3) is 3.32. The Labute approximate surface area is 161 Å². The Hall–Kier alpha value is -2.39. The molecule has 0 aliphatic carbocycles. The highest BCUT2D eigenvalue weighted by atomic mass is 32.1. The van der Waals surface area contributed by atoms with Crippen molar-refractivity contribution < 1.29 is 9.53 Å². The van der Waals surface area contributed by atoms with Crippen LogP contribution in [0.2, 0.25) is 0 Å². The molecule has 0 radical (unpaired) electrons. The van der Waals surface area contributed by atoms with Gasteiger partial charge < -0.3 is 4.74 Å². The van der Waals surface area contributed by atoms with Gasteiger partial charge in [-0.05, 0) is 31.7 Å². The van der Waals surface area contributed by atoms with Crippen LogP contribution in [0.15, 0.2) is 6.07 Å². The molecule has 0 bridgehead atoms. The maximum atomic E-state index is 13.0. The monoisotopic (exact) mass is 386 g/mol. The highest BCUT2D eigenvalue weighted by Gasteiger charge is 2.24. The topological polar surface area (TPSA) is 94.8 Å². The van der Waals surface area contributed by atoms with E-state index in [9.17, 15) is 4.79 Å². The van der Waals surface area contributed by atoms with Crippen molar-refractivity contribution in [3.63, 3.8) is 0 Å². The molecule has 3 aromatic heterocycles. The summed E-state index contributed by atoms with van der Waals surface area (Å²) in [5.41, 5.74) is 2.90. The highest BCUT2D eigenvalue weighted by molar-refractivity contribution is 7.15. The van der Waals surface area contributed by atoms with Crippen molar-refractivity contribution in [2.75, 3.05) is 11.9 Å². The van der Waals surface area contributed by atoms with E-state index < -0.39 is 0 Å². The third-order valence-electron chi connectivity index (χ3n) is 4.69. The average molecular weight is 386 g/mol. The molecule has 27 heavy (non-hydrogen) atoms. The lowest BCUT2D eigenvalue weighted by Crippen LogP contribution is -2.14. The zero-order valence-corrected chi connectivity index (χ0v) is 16.6. The summed E-state index contributed by atoms with van der Waals surface area (Å²) < 4.78 is 7.35. The van der Waals surface area contributed by atoms with Gasteiger partial charge in [0.05, 0.1) is 16.6 Å². The van der Waals surface area contributed by atoms with E-state index in [0.29, 0.717) is 16.3 Å². The molecule has 3 aromatic rings. The van der Waals surface area contributed by atoms with Crippen molar-refractivity contribution in [2.45, 2.75) is 45.6 Å². The first-order valence-electron chi connectivity index (χ1n) is 9.04. The molecule has 1 atom stereocenters. The first-order chi connectivity index (χ1) is 12.9. The largest absolute Gasteiger partial charge is 0.371 e. The minimum absolute atomic E-state index is 0.00565. The Morgan fingerprint density at radius 3 is 2.93 bits per heavy atom. The molecule has 142 valence electrons. The first-order valence-corrected chi connectivity index (χ1v) is 9.86. The molecule has 1 saturated heterocycles. The van der Waals surface area contributed by atoms with Crippen LogP contribution in [0.25, 0.3) is 11.0 Å². The molecule has 4 heterocycles. The number of pyridine rings is 1. The lowest BCUT2D eigenvalue weighted by molar-refractivity contribution is 0.102. The van der Waals surface area contributed by atoms with Gasteiger partial charge in [0.15, 0.2) is 5.65 Å². The maximum absolute atomic E-state index is 13.0. The van der Waals surface area contributed by atoms with E-state index >= 15 is 0 Å². The zero-order valence-electron chi connectivity index (χ0n) is 15.8. The number of aryl methyl sites for hydroxylation is 2. The van der Waals surface area contributed by atoms with Crippen LogP contribution in [0.5, 0.6) is 0 Å². The van der Waals surface area contributed by atoms with Gasteiger partial charge in [-0.2, -0.15) is 5.10 Å². The number of carbonyl (C=O) groups is 1. The van der Waals surface area contributed by atoms with Gasteiger partial charge in [0, 0.05) is 19.3 Å². The van der Waals surface area contributed by atoms with Gasteiger partial charge >= 0.3 is 0 Å². The van der Waals surface area contributed by atoms with Crippen LogP contribution in [0.1, 0.15) is 65.5 Å². The van der Waals surface area contributed by atoms with Gasteiger partial charge in [-0.15, -0.1) is 10.2 Å². The van der Waals surface area contributed by atoms with Crippen molar-refractivity contribution >= 4 is 33.4 Å². The van der Waals surface area contributed by atoms with E-state index in [4.69, 9.17) is 4.74 Å². The van der Waals surface area contributed by atoms with Crippen molar-refractivity contribution in [1.29, 1.82) is 0 Å². The van der Waals surface area contributed by atoms with Gasteiger partial charge in [-0.3, -0.25) is 14.8 Å². The van der Waals surface area contributed by atoms with Crippen molar-refractivity contribution in [3.8, 4) is 0 Å². The minimum Gasteiger partial charge on any atom is -0.371 e. The van der Waals surface area contributed by atoms with Gasteiger partial charge in [-0.25, -0.2) is 4.98 Å². The van der Waals surface area contributed by atoms with Crippen LogP contribution in [-0.4, -0.2) is 37.5 Å². The summed E-state index contributed by atoms with van der Waals surface area (Å²) in [7, 11) is 1.84. The van der Waals surface area contributed by atoms with E-state index in [2.05, 4.69) is 39.4 Å². The number of nitrogens with one attached hydrogen (secondary N) is 1. The van der Waals surface area contributed by atoms with Gasteiger partial charge in [0.1, 0.15) is 11.1 Å². The number of aromatic nitrogens is 5. The number of hydrogen-bond acceptors (Lipinski definition) is 7. The maximum Gasteiger partial charge on any atom is 0.258 e. The molecule has 1 aliphatic heterocycles. The second-order valence-electron chi connectivity index (χ2n) is 7.06. The second-order valence-corrected chi connectivity index (χ2v) is 8.07. The normalized spacial score (nSPS) is 17.1. The molecule has 0 aromatic carbocycles. The fourth-order valence-electron chi connectivity index (χ4n) is 3.29. The van der Waals surface area contributed by atoms with Crippen LogP contribution >= 0.6 is 11.3 Å². The molecule has 8 nitrogen and oxygen atoms in total. The summed E-state index contributed by atoms with van der Waals surface area (Å²) in [5, 5.41) is 17.6. The molecule has 0 saturated carbocycles. The molecule has 1 amide bonds. The molecular formula is C18H22N6O2S. The SMILES string of the molecule is Cc1nn(C)c2nc(C(C)C)cc(C(=O)Nc3nnc([C@@H]4CCCO4)s3)c12. The number of ether oxygens (including phenoxy) is 1. The van der Waals surface area contributed by atoms with E-state index in [1.165, 1.54) is 11.3 Å². The summed E-state index contributed by atoms with van der Waals surface area (Å²) in [6, 6.07) is 1.85. The van der Waals surface area contributed by atoms with Gasteiger partial charge in [0.2, 0.25) is 5.13 Å². The van der Waals surface area contributed by atoms with E-state index in [1.54, 1.807) is 4.68 Å². The summed E-state index contributed by atoms with van der Waals surface area (Å²) in [5.74, 6) is -0.0285. The lowest BCUT2D eigenvalue weighted by Gasteiger charge is -2.09. The predicted molar refractivity (Wildman–Crippen MR) is 103 cm³/mol. The smallest absolute Gasteiger partial charge is 0.258 e. The van der Waals surface area contributed by atoms with Crippen LogP contribution in [-0.2, 0) is 11.8 Å². The summed E-state index contributed by atoms with van der Waals surface area (Å²) in [6.45, 7) is 6.74. The van der Waals surface area contributed by atoms with Gasteiger partial charge in [-0.1, -0.05) is 25.2 Å². The van der Waals surface area contributed by atoms with Crippen LogP contribution in [0, 0.1) is 6.92 Å². The molecule has 1 fully saturated rings. The minimum atomic E-state index is -0.226. The third-order valence-corrected chi connectivity index (χ3v) is 5.62. The van der Waals surface area contributed by atoms with E-state index in [1.807, 2.05) is 20.0 Å². The number of fused-ring (bicyclic) bond motifs is 1. The molecule has 9 heteroatoms. The lowest BCUT2D eigenvalue weighted by atomic mass is 10.0. The number of amides is 1. The first kappa shape index (κ1) is 18.0. The van der Waals surface area contributed by atoms with E-state index in [0.717, 1.165) is 41.2 Å². The average Bonchev–Trinajstić information content (AvgIpc) is 3.35. The Kier molecular flexibility index (Phi) is 4.65. The molecular weight excluding hydrogens is 364 g/mol. The molecule has 1 N–H and O–H groups in total. The van der Waals surface area contributed by atoms with Crippen molar-refractivity contribution in [1.82, 2.24) is 25.0 Å². The van der Waals surface area contributed by atoms with Gasteiger partial charge in [0.25, 0.3) is 5.91 Å². The van der Waals surface area contributed by atoms with E-state index in [-0.39, 0.29) is 17.9 Å². The van der Waals surface area contributed by atoms with Crippen LogP contribution < -0.4 is 5.32 Å². The number of carbonyl (C=O) groups excluding carboxylic acids is 1. The second kappa shape index (κ2) is 6.97. The number of nitrogens with zero attached hydrogens (tertiary/aromatic N) is 5. The Bertz CT molecular complexity index is 1000. The predicted octanol–water partition coefficient (Wildman–Crippen LogP) is 3.36. The Morgan fingerprint density at radius 1 is 1.41 bits per heavy atom. The highest BCUT2D eigenvalue weighted by Crippen LogP contribution is 2.32. The quantitative estimate of drug-likeness (QED) is 0.739.